The highest BCUT2D eigenvalue weighted by atomic mass is 19.1. The minimum Gasteiger partial charge on any atom is -0.473 e. The maximum Gasteiger partial charge on any atom is 0.267 e. The summed E-state index contributed by atoms with van der Waals surface area (Å²) in [6.45, 7) is 0.231. The number of hydrogen-bond donors (Lipinski definition) is 0. The van der Waals surface area contributed by atoms with E-state index in [1.165, 1.54) is 6.07 Å². The summed E-state index contributed by atoms with van der Waals surface area (Å²) in [7, 11) is 0. The number of carbonyl (C=O) groups is 1. The zero-order valence-corrected chi connectivity index (χ0v) is 15.7. The van der Waals surface area contributed by atoms with E-state index in [9.17, 15) is 9.18 Å². The number of rotatable bonds is 6. The van der Waals surface area contributed by atoms with Crippen molar-refractivity contribution in [2.45, 2.75) is 50.8 Å². The standard InChI is InChI=1S/C22H22BFN2O2/c24-19-12-17(22(27)16-4-5-16)6-7-18(19)13-28-21-3-1-2-20(26-21)15-8-10-23(14-25)11-9-15/h1-3,6-7,12,15-16H,4-5,8-11,13H2. The Morgan fingerprint density at radius 2 is 2.00 bits per heavy atom. The van der Waals surface area contributed by atoms with Crippen molar-refractivity contribution < 1.29 is 13.9 Å². The molecule has 1 saturated carbocycles. The summed E-state index contributed by atoms with van der Waals surface area (Å²) in [6.07, 6.45) is 5.55. The van der Waals surface area contributed by atoms with Gasteiger partial charge >= 0.3 is 0 Å². The lowest BCUT2D eigenvalue weighted by atomic mass is 9.41. The molecule has 0 N–H and O–H groups in total. The van der Waals surface area contributed by atoms with Gasteiger partial charge in [0.1, 0.15) is 12.4 Å². The number of aromatic nitrogens is 1. The van der Waals surface area contributed by atoms with Gasteiger partial charge in [-0.2, -0.15) is 0 Å². The van der Waals surface area contributed by atoms with E-state index < -0.39 is 5.82 Å². The molecule has 1 aliphatic carbocycles. The van der Waals surface area contributed by atoms with Crippen LogP contribution in [0.2, 0.25) is 12.6 Å². The van der Waals surface area contributed by atoms with Crippen LogP contribution in [0, 0.1) is 23.0 Å². The molecule has 1 aromatic carbocycles. The van der Waals surface area contributed by atoms with Gasteiger partial charge in [-0.15, -0.1) is 0 Å². The van der Waals surface area contributed by atoms with E-state index in [1.807, 2.05) is 12.1 Å². The fraction of sp³-hybridized carbons (Fsp3) is 0.409. The molecular formula is C22H22BFN2O2. The summed E-state index contributed by atoms with van der Waals surface area (Å²) in [6, 6.07) is 10.3. The van der Waals surface area contributed by atoms with Gasteiger partial charge in [-0.25, -0.2) is 14.6 Å². The largest absolute Gasteiger partial charge is 0.473 e. The number of nitriles is 1. The number of hydrogen-bond acceptors (Lipinski definition) is 4. The van der Waals surface area contributed by atoms with Crippen molar-refractivity contribution in [3.8, 4) is 11.8 Å². The average Bonchev–Trinajstić information content (AvgIpc) is 3.58. The number of ether oxygens (including phenoxy) is 1. The number of nitrogens with zero attached hydrogens (tertiary/aromatic N) is 2. The first-order valence-electron chi connectivity index (χ1n) is 9.96. The third-order valence-corrected chi connectivity index (χ3v) is 5.73. The Bertz CT molecular complexity index is 915. The van der Waals surface area contributed by atoms with Crippen LogP contribution in [-0.4, -0.2) is 17.5 Å². The molecule has 0 amide bonds. The van der Waals surface area contributed by atoms with Gasteiger partial charge in [0.15, 0.2) is 5.78 Å². The van der Waals surface area contributed by atoms with Crippen LogP contribution in [0.15, 0.2) is 36.4 Å². The Hall–Kier alpha value is -2.68. The summed E-state index contributed by atoms with van der Waals surface area (Å²) in [4.78, 5) is 16.6. The highest BCUT2D eigenvalue weighted by Gasteiger charge is 2.30. The smallest absolute Gasteiger partial charge is 0.267 e. The Kier molecular flexibility index (Phi) is 5.43. The van der Waals surface area contributed by atoms with E-state index in [0.29, 0.717) is 22.9 Å². The van der Waals surface area contributed by atoms with E-state index in [-0.39, 0.29) is 25.0 Å². The molecule has 0 spiro atoms. The Morgan fingerprint density at radius 1 is 1.21 bits per heavy atom. The second-order valence-corrected chi connectivity index (χ2v) is 7.81. The summed E-state index contributed by atoms with van der Waals surface area (Å²) >= 11 is 0. The molecule has 1 aromatic heterocycles. The van der Waals surface area contributed by atoms with Crippen LogP contribution < -0.4 is 4.74 Å². The molecule has 2 aliphatic rings. The highest BCUT2D eigenvalue weighted by molar-refractivity contribution is 6.67. The van der Waals surface area contributed by atoms with Crippen LogP contribution in [-0.2, 0) is 6.61 Å². The fourth-order valence-electron chi connectivity index (χ4n) is 3.81. The molecule has 142 valence electrons. The lowest BCUT2D eigenvalue weighted by Gasteiger charge is -2.22. The lowest BCUT2D eigenvalue weighted by Crippen LogP contribution is -2.19. The second-order valence-electron chi connectivity index (χ2n) is 7.81. The monoisotopic (exact) mass is 376 g/mol. The van der Waals surface area contributed by atoms with Crippen LogP contribution in [0.25, 0.3) is 0 Å². The number of Topliss-reactive ketones (excluding diaryl/α,β-unsaturated/α-hetero) is 1. The molecular weight excluding hydrogens is 354 g/mol. The molecule has 0 atom stereocenters. The van der Waals surface area contributed by atoms with E-state index in [0.717, 1.165) is 44.0 Å². The zero-order chi connectivity index (χ0) is 19.5. The molecule has 4 nitrogen and oxygen atoms in total. The predicted octanol–water partition coefficient (Wildman–Crippen LogP) is 4.83. The van der Waals surface area contributed by atoms with Crippen LogP contribution in [0.3, 0.4) is 0 Å². The van der Waals surface area contributed by atoms with E-state index in [1.54, 1.807) is 18.2 Å². The normalized spacial score (nSPS) is 17.2. The van der Waals surface area contributed by atoms with Crippen molar-refractivity contribution in [1.82, 2.24) is 4.98 Å². The summed E-state index contributed by atoms with van der Waals surface area (Å²) in [5, 5.41) is 9.04. The van der Waals surface area contributed by atoms with Gasteiger partial charge in [0.25, 0.3) is 6.71 Å². The Balaban J connectivity index is 1.38. The third kappa shape index (κ3) is 4.25. The van der Waals surface area contributed by atoms with Gasteiger partial charge in [0, 0.05) is 40.7 Å². The molecule has 1 aliphatic heterocycles. The minimum atomic E-state index is -0.419. The van der Waals surface area contributed by atoms with Crippen LogP contribution in [0.5, 0.6) is 5.88 Å². The minimum absolute atomic E-state index is 0.0341. The molecule has 2 fully saturated rings. The van der Waals surface area contributed by atoms with Crippen LogP contribution >= 0.6 is 0 Å². The summed E-state index contributed by atoms with van der Waals surface area (Å²) in [5.74, 6) is 2.86. The first-order valence-corrected chi connectivity index (χ1v) is 9.96. The second kappa shape index (κ2) is 8.14. The van der Waals surface area contributed by atoms with E-state index >= 15 is 0 Å². The average molecular weight is 376 g/mol. The number of carbonyl (C=O) groups excluding carboxylic acids is 1. The van der Waals surface area contributed by atoms with Crippen molar-refractivity contribution in [1.29, 1.82) is 5.26 Å². The molecule has 0 bridgehead atoms. The van der Waals surface area contributed by atoms with Crippen molar-refractivity contribution in [3.05, 3.63) is 59.0 Å². The van der Waals surface area contributed by atoms with Crippen LogP contribution in [0.4, 0.5) is 4.39 Å². The number of pyridine rings is 1. The Morgan fingerprint density at radius 3 is 2.68 bits per heavy atom. The molecule has 1 saturated heterocycles. The van der Waals surface area contributed by atoms with Gasteiger partial charge < -0.3 is 4.74 Å². The van der Waals surface area contributed by atoms with Gasteiger partial charge in [-0.3, -0.25) is 4.79 Å². The van der Waals surface area contributed by atoms with Gasteiger partial charge in [0.2, 0.25) is 5.88 Å². The maximum absolute atomic E-state index is 14.4. The van der Waals surface area contributed by atoms with Crippen molar-refractivity contribution in [2.75, 3.05) is 0 Å². The molecule has 0 radical (unpaired) electrons. The fourth-order valence-corrected chi connectivity index (χ4v) is 3.81. The zero-order valence-electron chi connectivity index (χ0n) is 15.7. The molecule has 28 heavy (non-hydrogen) atoms. The van der Waals surface area contributed by atoms with Crippen molar-refractivity contribution in [3.63, 3.8) is 0 Å². The summed E-state index contributed by atoms with van der Waals surface area (Å²) in [5.41, 5.74) is 1.82. The topological polar surface area (TPSA) is 63.0 Å². The first-order chi connectivity index (χ1) is 13.6. The quantitative estimate of drug-likeness (QED) is 0.535. The molecule has 4 rings (SSSR count). The molecule has 6 heteroatoms. The van der Waals surface area contributed by atoms with Crippen molar-refractivity contribution in [2.24, 2.45) is 5.92 Å². The molecule has 0 unspecified atom stereocenters. The van der Waals surface area contributed by atoms with Crippen molar-refractivity contribution >= 4 is 12.5 Å². The van der Waals surface area contributed by atoms with Gasteiger partial charge in [-0.05, 0) is 25.0 Å². The third-order valence-electron chi connectivity index (χ3n) is 5.73. The van der Waals surface area contributed by atoms with Gasteiger partial charge in [0.05, 0.1) is 0 Å². The number of halogens is 1. The Labute approximate surface area is 164 Å². The number of benzene rings is 1. The molecule has 2 aromatic rings. The van der Waals surface area contributed by atoms with Crippen LogP contribution in [0.1, 0.15) is 53.2 Å². The SMILES string of the molecule is N#CB1CCC(c2cccc(OCc3ccc(C(=O)C4CC4)cc3F)n2)CC1. The van der Waals surface area contributed by atoms with E-state index in [4.69, 9.17) is 10.00 Å². The number of ketones is 1. The molecule has 2 heterocycles. The van der Waals surface area contributed by atoms with E-state index in [2.05, 4.69) is 11.0 Å². The predicted molar refractivity (Wildman–Crippen MR) is 105 cm³/mol. The maximum atomic E-state index is 14.4. The highest BCUT2D eigenvalue weighted by Crippen LogP contribution is 2.34. The lowest BCUT2D eigenvalue weighted by molar-refractivity contribution is 0.0967. The van der Waals surface area contributed by atoms with Gasteiger partial charge in [-0.1, -0.05) is 43.7 Å². The summed E-state index contributed by atoms with van der Waals surface area (Å²) < 4.78 is 20.1. The first kappa shape index (κ1) is 18.7.